The van der Waals surface area contributed by atoms with Gasteiger partial charge in [0.2, 0.25) is 5.91 Å². The number of hydrogen-bond donors (Lipinski definition) is 2. The summed E-state index contributed by atoms with van der Waals surface area (Å²) in [4.78, 5) is 28.2. The highest BCUT2D eigenvalue weighted by Crippen LogP contribution is 2.18. The zero-order chi connectivity index (χ0) is 16.2. The first-order valence-electron chi connectivity index (χ1n) is 8.25. The van der Waals surface area contributed by atoms with Crippen molar-refractivity contribution in [3.8, 4) is 0 Å². The van der Waals surface area contributed by atoms with Crippen LogP contribution in [0.15, 0.2) is 24.3 Å². The van der Waals surface area contributed by atoms with Crippen molar-refractivity contribution < 1.29 is 9.59 Å². The maximum absolute atomic E-state index is 12.3. The molecule has 1 saturated heterocycles. The molecule has 0 aromatic heterocycles. The molecule has 0 radical (unpaired) electrons. The van der Waals surface area contributed by atoms with Crippen molar-refractivity contribution in [1.82, 2.24) is 20.4 Å². The lowest BCUT2D eigenvalue weighted by Gasteiger charge is -2.34. The first kappa shape index (κ1) is 15.8. The van der Waals surface area contributed by atoms with Gasteiger partial charge in [-0.1, -0.05) is 24.3 Å². The quantitative estimate of drug-likeness (QED) is 0.839. The van der Waals surface area contributed by atoms with Crippen molar-refractivity contribution in [1.29, 1.82) is 0 Å². The lowest BCUT2D eigenvalue weighted by Crippen LogP contribution is -2.55. The van der Waals surface area contributed by atoms with Crippen LogP contribution < -0.4 is 10.6 Å². The van der Waals surface area contributed by atoms with Crippen LogP contribution in [-0.2, 0) is 17.8 Å². The predicted octanol–water partition coefficient (Wildman–Crippen LogP) is 0.575. The smallest absolute Gasteiger partial charge is 0.318 e. The van der Waals surface area contributed by atoms with Crippen LogP contribution in [0.25, 0.3) is 0 Å². The number of amides is 3. The highest BCUT2D eigenvalue weighted by molar-refractivity contribution is 5.84. The molecule has 6 heteroatoms. The van der Waals surface area contributed by atoms with E-state index >= 15 is 0 Å². The SMILES string of the molecule is C[C@@H]1CNCCN1C(=O)CNC(=O)N1CCc2ccccc2C1. The third kappa shape index (κ3) is 3.64. The van der Waals surface area contributed by atoms with Crippen LogP contribution in [0.2, 0.25) is 0 Å². The summed E-state index contributed by atoms with van der Waals surface area (Å²) in [6, 6.07) is 8.21. The molecule has 0 spiro atoms. The van der Waals surface area contributed by atoms with E-state index in [2.05, 4.69) is 22.8 Å². The molecule has 1 aromatic rings. The zero-order valence-electron chi connectivity index (χ0n) is 13.5. The van der Waals surface area contributed by atoms with E-state index in [1.165, 1.54) is 11.1 Å². The van der Waals surface area contributed by atoms with Crippen LogP contribution in [0.5, 0.6) is 0 Å². The molecule has 124 valence electrons. The largest absolute Gasteiger partial charge is 0.336 e. The van der Waals surface area contributed by atoms with E-state index in [0.717, 1.165) is 19.5 Å². The second kappa shape index (κ2) is 7.00. The van der Waals surface area contributed by atoms with Gasteiger partial charge in [-0.2, -0.15) is 0 Å². The number of nitrogens with zero attached hydrogens (tertiary/aromatic N) is 2. The van der Waals surface area contributed by atoms with E-state index in [-0.39, 0.29) is 24.5 Å². The van der Waals surface area contributed by atoms with Crippen molar-refractivity contribution in [3.63, 3.8) is 0 Å². The Morgan fingerprint density at radius 1 is 1.26 bits per heavy atom. The second-order valence-corrected chi connectivity index (χ2v) is 6.24. The van der Waals surface area contributed by atoms with E-state index in [1.54, 1.807) is 4.90 Å². The number of carbonyl (C=O) groups excluding carboxylic acids is 2. The van der Waals surface area contributed by atoms with Gasteiger partial charge in [0.15, 0.2) is 0 Å². The molecule has 0 saturated carbocycles. The first-order valence-corrected chi connectivity index (χ1v) is 8.25. The molecule has 3 amide bonds. The summed E-state index contributed by atoms with van der Waals surface area (Å²) in [6.07, 6.45) is 0.867. The molecular formula is C17H24N4O2. The molecule has 23 heavy (non-hydrogen) atoms. The van der Waals surface area contributed by atoms with Gasteiger partial charge in [0, 0.05) is 38.8 Å². The number of nitrogens with one attached hydrogen (secondary N) is 2. The minimum absolute atomic E-state index is 0.00948. The minimum atomic E-state index is -0.157. The summed E-state index contributed by atoms with van der Waals surface area (Å²) < 4.78 is 0. The number of benzene rings is 1. The molecule has 1 fully saturated rings. The second-order valence-electron chi connectivity index (χ2n) is 6.24. The van der Waals surface area contributed by atoms with Crippen molar-refractivity contribution in [2.24, 2.45) is 0 Å². The Balaban J connectivity index is 1.51. The number of hydrogen-bond acceptors (Lipinski definition) is 3. The van der Waals surface area contributed by atoms with Gasteiger partial charge in [0.05, 0.1) is 6.54 Å². The van der Waals surface area contributed by atoms with Crippen molar-refractivity contribution in [3.05, 3.63) is 35.4 Å². The Bertz CT molecular complexity index is 590. The average Bonchev–Trinajstić information content (AvgIpc) is 2.59. The minimum Gasteiger partial charge on any atom is -0.336 e. The van der Waals surface area contributed by atoms with Crippen LogP contribution in [0.4, 0.5) is 4.79 Å². The molecule has 6 nitrogen and oxygen atoms in total. The fourth-order valence-corrected chi connectivity index (χ4v) is 3.25. The molecule has 1 atom stereocenters. The number of piperazine rings is 1. The molecule has 2 heterocycles. The molecule has 3 rings (SSSR count). The molecule has 0 aliphatic carbocycles. The van der Waals surface area contributed by atoms with Gasteiger partial charge in [-0.3, -0.25) is 4.79 Å². The summed E-state index contributed by atoms with van der Waals surface area (Å²) in [5, 5.41) is 6.03. The molecule has 2 N–H and O–H groups in total. The van der Waals surface area contributed by atoms with E-state index < -0.39 is 0 Å². The predicted molar refractivity (Wildman–Crippen MR) is 88.0 cm³/mol. The standard InChI is InChI=1S/C17H24N4O2/c1-13-10-18-7-9-21(13)16(22)11-19-17(23)20-8-6-14-4-2-3-5-15(14)12-20/h2-5,13,18H,6-12H2,1H3,(H,19,23)/t13-/m1/s1. The first-order chi connectivity index (χ1) is 11.1. The molecule has 0 unspecified atom stereocenters. The maximum atomic E-state index is 12.3. The Kier molecular flexibility index (Phi) is 4.81. The summed E-state index contributed by atoms with van der Waals surface area (Å²) in [5.41, 5.74) is 2.50. The van der Waals surface area contributed by atoms with Crippen LogP contribution in [-0.4, -0.2) is 60.5 Å². The monoisotopic (exact) mass is 316 g/mol. The molecule has 0 bridgehead atoms. The van der Waals surface area contributed by atoms with E-state index in [0.29, 0.717) is 19.6 Å². The Labute approximate surface area is 136 Å². The van der Waals surface area contributed by atoms with Gasteiger partial charge in [0.1, 0.15) is 0 Å². The summed E-state index contributed by atoms with van der Waals surface area (Å²) in [7, 11) is 0. The highest BCUT2D eigenvalue weighted by atomic mass is 16.2. The number of urea groups is 1. The van der Waals surface area contributed by atoms with Crippen molar-refractivity contribution in [2.75, 3.05) is 32.7 Å². The third-order valence-electron chi connectivity index (χ3n) is 4.63. The van der Waals surface area contributed by atoms with Crippen molar-refractivity contribution >= 4 is 11.9 Å². The molecule has 2 aliphatic rings. The van der Waals surface area contributed by atoms with Gasteiger partial charge in [-0.15, -0.1) is 0 Å². The van der Waals surface area contributed by atoms with Gasteiger partial charge in [-0.05, 0) is 24.5 Å². The normalized spacial score (nSPS) is 20.8. The summed E-state index contributed by atoms with van der Waals surface area (Å²) in [6.45, 7) is 5.72. The maximum Gasteiger partial charge on any atom is 0.318 e. The number of fused-ring (bicyclic) bond motifs is 1. The van der Waals surface area contributed by atoms with E-state index in [4.69, 9.17) is 0 Å². The van der Waals surface area contributed by atoms with Crippen LogP contribution in [0, 0.1) is 0 Å². The third-order valence-corrected chi connectivity index (χ3v) is 4.63. The summed E-state index contributed by atoms with van der Waals surface area (Å²) >= 11 is 0. The van der Waals surface area contributed by atoms with Gasteiger partial charge < -0.3 is 20.4 Å². The molecular weight excluding hydrogens is 292 g/mol. The molecule has 2 aliphatic heterocycles. The molecule has 1 aromatic carbocycles. The number of rotatable bonds is 2. The average molecular weight is 316 g/mol. The highest BCUT2D eigenvalue weighted by Gasteiger charge is 2.25. The van der Waals surface area contributed by atoms with Crippen LogP contribution in [0.1, 0.15) is 18.1 Å². The van der Waals surface area contributed by atoms with Crippen LogP contribution in [0.3, 0.4) is 0 Å². The van der Waals surface area contributed by atoms with E-state index in [9.17, 15) is 9.59 Å². The lowest BCUT2D eigenvalue weighted by atomic mass is 10.0. The van der Waals surface area contributed by atoms with E-state index in [1.807, 2.05) is 24.0 Å². The Morgan fingerprint density at radius 3 is 2.83 bits per heavy atom. The number of carbonyl (C=O) groups is 2. The van der Waals surface area contributed by atoms with Crippen molar-refractivity contribution in [2.45, 2.75) is 25.9 Å². The summed E-state index contributed by atoms with van der Waals surface area (Å²) in [5.74, 6) is -0.00948. The Morgan fingerprint density at radius 2 is 2.04 bits per heavy atom. The van der Waals surface area contributed by atoms with Crippen LogP contribution >= 0.6 is 0 Å². The topological polar surface area (TPSA) is 64.7 Å². The lowest BCUT2D eigenvalue weighted by molar-refractivity contribution is -0.132. The van der Waals surface area contributed by atoms with Gasteiger partial charge in [-0.25, -0.2) is 4.79 Å². The van der Waals surface area contributed by atoms with Gasteiger partial charge >= 0.3 is 6.03 Å². The van der Waals surface area contributed by atoms with Gasteiger partial charge in [0.25, 0.3) is 0 Å². The fraction of sp³-hybridized carbons (Fsp3) is 0.529. The Hall–Kier alpha value is -2.08. The fourth-order valence-electron chi connectivity index (χ4n) is 3.25. The zero-order valence-corrected chi connectivity index (χ0v) is 13.5.